The lowest BCUT2D eigenvalue weighted by atomic mass is 10.0. The van der Waals surface area contributed by atoms with Crippen molar-refractivity contribution in [3.8, 4) is 0 Å². The van der Waals surface area contributed by atoms with Crippen molar-refractivity contribution in [1.82, 2.24) is 5.32 Å². The van der Waals surface area contributed by atoms with Crippen LogP contribution in [0.3, 0.4) is 0 Å². The van der Waals surface area contributed by atoms with Gasteiger partial charge in [-0.25, -0.2) is 0 Å². The number of carbonyl (C=O) groups is 1. The quantitative estimate of drug-likeness (QED) is 0.790. The molecule has 0 aliphatic heterocycles. The van der Waals surface area contributed by atoms with Gasteiger partial charge in [-0.05, 0) is 36.1 Å². The molecule has 0 aromatic heterocycles. The van der Waals surface area contributed by atoms with Crippen molar-refractivity contribution in [2.45, 2.75) is 26.3 Å². The average Bonchev–Trinajstić information content (AvgIpc) is 2.35. The Morgan fingerprint density at radius 1 is 1.47 bits per heavy atom. The summed E-state index contributed by atoms with van der Waals surface area (Å²) in [6, 6.07) is 7.52. The Bertz CT molecular complexity index is 444. The summed E-state index contributed by atoms with van der Waals surface area (Å²) in [5.74, 6) is 0.256. The van der Waals surface area contributed by atoms with Crippen molar-refractivity contribution in [3.05, 3.63) is 40.4 Å². The summed E-state index contributed by atoms with van der Waals surface area (Å²) >= 11 is 3.38. The van der Waals surface area contributed by atoms with Crippen LogP contribution in [0.1, 0.15) is 25.8 Å². The fourth-order valence-electron chi connectivity index (χ4n) is 1.78. The maximum atomic E-state index is 11.7. The van der Waals surface area contributed by atoms with E-state index in [-0.39, 0.29) is 18.6 Å². The first-order valence-corrected chi connectivity index (χ1v) is 7.15. The van der Waals surface area contributed by atoms with Crippen molar-refractivity contribution in [2.75, 3.05) is 6.61 Å². The minimum atomic E-state index is -0.181. The van der Waals surface area contributed by atoms with Gasteiger partial charge in [-0.15, -0.1) is 0 Å². The lowest BCUT2D eigenvalue weighted by molar-refractivity contribution is -0.117. The second kappa shape index (κ2) is 8.12. The molecular weight excluding hydrogens is 306 g/mol. The number of halogens is 1. The van der Waals surface area contributed by atoms with Crippen LogP contribution in [0.2, 0.25) is 0 Å². The second-order valence-corrected chi connectivity index (χ2v) is 5.82. The first-order valence-electron chi connectivity index (χ1n) is 6.36. The number of rotatable bonds is 6. The van der Waals surface area contributed by atoms with Crippen molar-refractivity contribution in [1.29, 1.82) is 0 Å². The zero-order valence-corrected chi connectivity index (χ0v) is 12.9. The molecule has 1 unspecified atom stereocenters. The molecule has 1 aromatic carbocycles. The van der Waals surface area contributed by atoms with Gasteiger partial charge in [0.15, 0.2) is 0 Å². The second-order valence-electron chi connectivity index (χ2n) is 4.91. The van der Waals surface area contributed by atoms with Crippen LogP contribution in [-0.2, 0) is 4.79 Å². The van der Waals surface area contributed by atoms with Gasteiger partial charge in [-0.3, -0.25) is 4.79 Å². The molecule has 2 N–H and O–H groups in total. The van der Waals surface area contributed by atoms with E-state index in [1.165, 1.54) is 6.08 Å². The van der Waals surface area contributed by atoms with Crippen LogP contribution < -0.4 is 5.32 Å². The zero-order valence-electron chi connectivity index (χ0n) is 11.3. The summed E-state index contributed by atoms with van der Waals surface area (Å²) < 4.78 is 0.975. The molecule has 0 spiro atoms. The molecule has 19 heavy (non-hydrogen) atoms. The third kappa shape index (κ3) is 6.55. The maximum Gasteiger partial charge on any atom is 0.244 e. The molecule has 1 amide bonds. The van der Waals surface area contributed by atoms with Gasteiger partial charge in [0, 0.05) is 10.5 Å². The Morgan fingerprint density at radius 3 is 2.79 bits per heavy atom. The van der Waals surface area contributed by atoms with Crippen LogP contribution in [0.5, 0.6) is 0 Å². The number of aliphatic hydroxyl groups is 1. The van der Waals surface area contributed by atoms with Crippen LogP contribution in [0, 0.1) is 5.92 Å². The zero-order chi connectivity index (χ0) is 14.3. The molecule has 1 rings (SSSR count). The highest BCUT2D eigenvalue weighted by molar-refractivity contribution is 9.10. The fourth-order valence-corrected chi connectivity index (χ4v) is 2.20. The summed E-state index contributed by atoms with van der Waals surface area (Å²) in [6.45, 7) is 4.09. The van der Waals surface area contributed by atoms with E-state index < -0.39 is 0 Å². The molecule has 1 atom stereocenters. The lowest BCUT2D eigenvalue weighted by Gasteiger charge is -2.17. The molecule has 1 aromatic rings. The summed E-state index contributed by atoms with van der Waals surface area (Å²) in [4.78, 5) is 11.7. The van der Waals surface area contributed by atoms with Crippen LogP contribution in [0.4, 0.5) is 0 Å². The number of aliphatic hydroxyl groups excluding tert-OH is 1. The molecule has 4 heteroatoms. The van der Waals surface area contributed by atoms with E-state index in [4.69, 9.17) is 0 Å². The average molecular weight is 326 g/mol. The summed E-state index contributed by atoms with van der Waals surface area (Å²) in [6.07, 6.45) is 4.02. The minimum absolute atomic E-state index is 0.0331. The van der Waals surface area contributed by atoms with Gasteiger partial charge < -0.3 is 10.4 Å². The highest BCUT2D eigenvalue weighted by Gasteiger charge is 2.11. The highest BCUT2D eigenvalue weighted by Crippen LogP contribution is 2.12. The molecule has 0 saturated carbocycles. The Morgan fingerprint density at radius 2 is 2.21 bits per heavy atom. The van der Waals surface area contributed by atoms with E-state index in [2.05, 4.69) is 35.1 Å². The SMILES string of the molecule is CC(C)CC(CO)NC(=O)C=Cc1cccc(Br)c1. The van der Waals surface area contributed by atoms with Gasteiger partial charge >= 0.3 is 0 Å². The molecule has 0 aliphatic carbocycles. The summed E-state index contributed by atoms with van der Waals surface area (Å²) in [7, 11) is 0. The molecule has 104 valence electrons. The van der Waals surface area contributed by atoms with Crippen LogP contribution in [0.25, 0.3) is 6.08 Å². The van der Waals surface area contributed by atoms with Gasteiger partial charge in [-0.2, -0.15) is 0 Å². The minimum Gasteiger partial charge on any atom is -0.394 e. The van der Waals surface area contributed by atoms with Crippen molar-refractivity contribution >= 4 is 27.9 Å². The van der Waals surface area contributed by atoms with E-state index in [1.54, 1.807) is 6.08 Å². The molecule has 0 radical (unpaired) electrons. The Kier molecular flexibility index (Phi) is 6.81. The molecular formula is C15H20BrNO2. The molecule has 0 fully saturated rings. The van der Waals surface area contributed by atoms with Crippen LogP contribution in [-0.4, -0.2) is 23.7 Å². The molecule has 0 heterocycles. The maximum absolute atomic E-state index is 11.7. The highest BCUT2D eigenvalue weighted by atomic mass is 79.9. The molecule has 0 saturated heterocycles. The van der Waals surface area contributed by atoms with E-state index in [0.29, 0.717) is 5.92 Å². The molecule has 0 bridgehead atoms. The van der Waals surface area contributed by atoms with Gasteiger partial charge in [0.2, 0.25) is 5.91 Å². The number of carbonyl (C=O) groups excluding carboxylic acids is 1. The Labute approximate surface area is 122 Å². The summed E-state index contributed by atoms with van der Waals surface area (Å²) in [5.41, 5.74) is 0.953. The van der Waals surface area contributed by atoms with Gasteiger partial charge in [0.1, 0.15) is 0 Å². The van der Waals surface area contributed by atoms with E-state index >= 15 is 0 Å². The van der Waals surface area contributed by atoms with Crippen LogP contribution in [0.15, 0.2) is 34.8 Å². The van der Waals surface area contributed by atoms with Crippen molar-refractivity contribution < 1.29 is 9.90 Å². The predicted molar refractivity (Wildman–Crippen MR) is 81.6 cm³/mol. The van der Waals surface area contributed by atoms with Crippen molar-refractivity contribution in [2.24, 2.45) is 5.92 Å². The third-order valence-electron chi connectivity index (χ3n) is 2.60. The fraction of sp³-hybridized carbons (Fsp3) is 0.400. The molecule has 0 aliphatic rings. The van der Waals surface area contributed by atoms with Crippen LogP contribution >= 0.6 is 15.9 Å². The van der Waals surface area contributed by atoms with Crippen molar-refractivity contribution in [3.63, 3.8) is 0 Å². The van der Waals surface area contributed by atoms with E-state index in [0.717, 1.165) is 16.5 Å². The molecule has 3 nitrogen and oxygen atoms in total. The lowest BCUT2D eigenvalue weighted by Crippen LogP contribution is -2.37. The number of benzene rings is 1. The third-order valence-corrected chi connectivity index (χ3v) is 3.09. The Balaban J connectivity index is 2.54. The number of hydrogen-bond acceptors (Lipinski definition) is 2. The largest absolute Gasteiger partial charge is 0.394 e. The predicted octanol–water partition coefficient (Wildman–Crippen LogP) is 2.99. The normalized spacial score (nSPS) is 12.9. The topological polar surface area (TPSA) is 49.3 Å². The standard InChI is InChI=1S/C15H20BrNO2/c1-11(2)8-14(10-18)17-15(19)7-6-12-4-3-5-13(16)9-12/h3-7,9,11,14,18H,8,10H2,1-2H3,(H,17,19). The monoisotopic (exact) mass is 325 g/mol. The number of hydrogen-bond donors (Lipinski definition) is 2. The first kappa shape index (κ1) is 15.9. The summed E-state index contributed by atoms with van der Waals surface area (Å²) in [5, 5.41) is 12.0. The number of amides is 1. The Hall–Kier alpha value is -1.13. The number of nitrogens with one attached hydrogen (secondary N) is 1. The first-order chi connectivity index (χ1) is 9.01. The van der Waals surface area contributed by atoms with E-state index in [1.807, 2.05) is 24.3 Å². The van der Waals surface area contributed by atoms with E-state index in [9.17, 15) is 9.90 Å². The smallest absolute Gasteiger partial charge is 0.244 e. The van der Waals surface area contributed by atoms with Gasteiger partial charge in [-0.1, -0.05) is 41.9 Å². The van der Waals surface area contributed by atoms with Gasteiger partial charge in [0.25, 0.3) is 0 Å². The van der Waals surface area contributed by atoms with Gasteiger partial charge in [0.05, 0.1) is 12.6 Å².